The molecule has 1 saturated heterocycles. The molecule has 2 aromatic rings. The van der Waals surface area contributed by atoms with E-state index in [1.54, 1.807) is 6.07 Å². The van der Waals surface area contributed by atoms with E-state index >= 15 is 0 Å². The quantitative estimate of drug-likeness (QED) is 0.867. The molecule has 2 aromatic carbocycles. The molecule has 0 saturated carbocycles. The van der Waals surface area contributed by atoms with Gasteiger partial charge in [-0.2, -0.15) is 0 Å². The van der Waals surface area contributed by atoms with E-state index in [-0.39, 0.29) is 17.7 Å². The van der Waals surface area contributed by atoms with Gasteiger partial charge in [0.1, 0.15) is 0 Å². The molecule has 1 aliphatic heterocycles. The highest BCUT2D eigenvalue weighted by molar-refractivity contribution is 6.30. The van der Waals surface area contributed by atoms with Crippen LogP contribution in [0.15, 0.2) is 42.5 Å². The second-order valence-electron chi connectivity index (χ2n) is 6.88. The van der Waals surface area contributed by atoms with Gasteiger partial charge in [-0.1, -0.05) is 29.3 Å². The third-order valence-electron chi connectivity index (χ3n) is 4.86. The molecular formula is C21H23ClN2O2. The van der Waals surface area contributed by atoms with Gasteiger partial charge in [-0.05, 0) is 62.6 Å². The van der Waals surface area contributed by atoms with Crippen LogP contribution in [0, 0.1) is 19.8 Å². The Morgan fingerprint density at radius 3 is 2.46 bits per heavy atom. The third-order valence-corrected chi connectivity index (χ3v) is 5.10. The minimum Gasteiger partial charge on any atom is -0.339 e. The highest BCUT2D eigenvalue weighted by Gasteiger charge is 2.28. The molecule has 0 aromatic heterocycles. The lowest BCUT2D eigenvalue weighted by Crippen LogP contribution is -2.41. The average molecular weight is 371 g/mol. The number of carbonyl (C=O) groups excluding carboxylic acids is 2. The largest absolute Gasteiger partial charge is 0.339 e. The first-order valence-electron chi connectivity index (χ1n) is 8.87. The van der Waals surface area contributed by atoms with Crippen molar-refractivity contribution in [2.75, 3.05) is 18.4 Å². The zero-order valence-electron chi connectivity index (χ0n) is 15.1. The van der Waals surface area contributed by atoms with E-state index in [2.05, 4.69) is 5.32 Å². The van der Waals surface area contributed by atoms with Crippen molar-refractivity contribution in [2.45, 2.75) is 26.7 Å². The molecule has 2 amide bonds. The van der Waals surface area contributed by atoms with Crippen molar-refractivity contribution in [2.24, 2.45) is 5.92 Å². The van der Waals surface area contributed by atoms with Gasteiger partial charge in [0.25, 0.3) is 5.91 Å². The number of hydrogen-bond donors (Lipinski definition) is 1. The molecule has 0 bridgehead atoms. The zero-order chi connectivity index (χ0) is 18.7. The molecule has 1 aliphatic rings. The van der Waals surface area contributed by atoms with Gasteiger partial charge in [-0.15, -0.1) is 0 Å². The van der Waals surface area contributed by atoms with Crippen LogP contribution in [-0.4, -0.2) is 29.8 Å². The molecule has 3 rings (SSSR count). The summed E-state index contributed by atoms with van der Waals surface area (Å²) in [7, 11) is 0. The van der Waals surface area contributed by atoms with Crippen LogP contribution in [-0.2, 0) is 4.79 Å². The lowest BCUT2D eigenvalue weighted by Gasteiger charge is -2.31. The number of amides is 2. The van der Waals surface area contributed by atoms with Crippen molar-refractivity contribution >= 4 is 29.1 Å². The minimum atomic E-state index is -0.0772. The van der Waals surface area contributed by atoms with Crippen molar-refractivity contribution < 1.29 is 9.59 Å². The van der Waals surface area contributed by atoms with Crippen LogP contribution in [0.1, 0.15) is 34.3 Å². The normalized spacial score (nSPS) is 15.0. The Morgan fingerprint density at radius 2 is 1.81 bits per heavy atom. The fraction of sp³-hybridized carbons (Fsp3) is 0.333. The van der Waals surface area contributed by atoms with Gasteiger partial charge in [-0.25, -0.2) is 0 Å². The van der Waals surface area contributed by atoms with E-state index in [0.717, 1.165) is 16.8 Å². The molecule has 4 nitrogen and oxygen atoms in total. The number of halogens is 1. The van der Waals surface area contributed by atoms with E-state index in [4.69, 9.17) is 11.6 Å². The summed E-state index contributed by atoms with van der Waals surface area (Å²) in [6.45, 7) is 5.10. The number of anilines is 1. The number of rotatable bonds is 3. The molecule has 1 fully saturated rings. The molecule has 0 atom stereocenters. The molecule has 136 valence electrons. The van der Waals surface area contributed by atoms with Crippen LogP contribution < -0.4 is 5.32 Å². The van der Waals surface area contributed by atoms with Crippen molar-refractivity contribution in [1.29, 1.82) is 0 Å². The molecule has 0 unspecified atom stereocenters. The Morgan fingerprint density at radius 1 is 1.08 bits per heavy atom. The third kappa shape index (κ3) is 4.25. The topological polar surface area (TPSA) is 49.4 Å². The van der Waals surface area contributed by atoms with Gasteiger partial charge in [-0.3, -0.25) is 9.59 Å². The molecule has 5 heteroatoms. The maximum Gasteiger partial charge on any atom is 0.253 e. The fourth-order valence-corrected chi connectivity index (χ4v) is 3.53. The molecule has 1 heterocycles. The highest BCUT2D eigenvalue weighted by Crippen LogP contribution is 2.24. The first-order chi connectivity index (χ1) is 12.4. The van der Waals surface area contributed by atoms with E-state index in [9.17, 15) is 9.59 Å². The molecule has 26 heavy (non-hydrogen) atoms. The number of aryl methyl sites for hydroxylation is 2. The summed E-state index contributed by atoms with van der Waals surface area (Å²) in [5.41, 5.74) is 3.52. The number of likely N-dealkylation sites (tertiary alicyclic amines) is 1. The van der Waals surface area contributed by atoms with Crippen molar-refractivity contribution in [3.8, 4) is 0 Å². The molecule has 0 radical (unpaired) electrons. The predicted molar refractivity (Wildman–Crippen MR) is 105 cm³/mol. The van der Waals surface area contributed by atoms with Gasteiger partial charge in [0.2, 0.25) is 5.91 Å². The van der Waals surface area contributed by atoms with Crippen LogP contribution in [0.4, 0.5) is 5.69 Å². The smallest absolute Gasteiger partial charge is 0.253 e. The van der Waals surface area contributed by atoms with E-state index in [0.29, 0.717) is 36.5 Å². The SMILES string of the molecule is Cc1cccc(C(=O)N2CCC(C(=O)Nc3ccc(Cl)cc3C)CC2)c1. The maximum absolute atomic E-state index is 12.6. The summed E-state index contributed by atoms with van der Waals surface area (Å²) in [6, 6.07) is 13.1. The van der Waals surface area contributed by atoms with Crippen LogP contribution in [0.3, 0.4) is 0 Å². The van der Waals surface area contributed by atoms with Crippen LogP contribution in [0.5, 0.6) is 0 Å². The summed E-state index contributed by atoms with van der Waals surface area (Å²) < 4.78 is 0. The Balaban J connectivity index is 1.57. The van der Waals surface area contributed by atoms with Crippen molar-refractivity contribution in [3.63, 3.8) is 0 Å². The number of hydrogen-bond acceptors (Lipinski definition) is 2. The number of nitrogens with one attached hydrogen (secondary N) is 1. The Hall–Kier alpha value is -2.33. The summed E-state index contributed by atoms with van der Waals surface area (Å²) >= 11 is 5.96. The fourth-order valence-electron chi connectivity index (χ4n) is 3.31. The standard InChI is InChI=1S/C21H23ClN2O2/c1-14-4-3-5-17(12-14)21(26)24-10-8-16(9-11-24)20(25)23-19-7-6-18(22)13-15(19)2/h3-7,12-13,16H,8-11H2,1-2H3,(H,23,25). The monoisotopic (exact) mass is 370 g/mol. The summed E-state index contributed by atoms with van der Waals surface area (Å²) in [4.78, 5) is 27.0. The van der Waals surface area contributed by atoms with Crippen molar-refractivity contribution in [3.05, 3.63) is 64.2 Å². The highest BCUT2D eigenvalue weighted by atomic mass is 35.5. The van der Waals surface area contributed by atoms with Gasteiger partial charge >= 0.3 is 0 Å². The van der Waals surface area contributed by atoms with Gasteiger partial charge in [0, 0.05) is 35.3 Å². The van der Waals surface area contributed by atoms with Gasteiger partial charge < -0.3 is 10.2 Å². The Bertz CT molecular complexity index is 827. The molecular weight excluding hydrogens is 348 g/mol. The summed E-state index contributed by atoms with van der Waals surface area (Å²) in [5, 5.41) is 3.65. The molecule has 0 spiro atoms. The number of carbonyl (C=O) groups is 2. The van der Waals surface area contributed by atoms with Crippen molar-refractivity contribution in [1.82, 2.24) is 4.90 Å². The second kappa shape index (κ2) is 7.92. The average Bonchev–Trinajstić information content (AvgIpc) is 2.63. The van der Waals surface area contributed by atoms with E-state index < -0.39 is 0 Å². The van der Waals surface area contributed by atoms with Crippen LogP contribution in [0.2, 0.25) is 5.02 Å². The number of piperidine rings is 1. The Kier molecular flexibility index (Phi) is 5.62. The van der Waals surface area contributed by atoms with Crippen LogP contribution in [0.25, 0.3) is 0 Å². The lowest BCUT2D eigenvalue weighted by molar-refractivity contribution is -0.121. The second-order valence-corrected chi connectivity index (χ2v) is 7.32. The van der Waals surface area contributed by atoms with Gasteiger partial charge in [0.15, 0.2) is 0 Å². The first kappa shape index (κ1) is 18.5. The zero-order valence-corrected chi connectivity index (χ0v) is 15.8. The summed E-state index contributed by atoms with van der Waals surface area (Å²) in [5.74, 6) is -0.0224. The number of nitrogens with zero attached hydrogens (tertiary/aromatic N) is 1. The maximum atomic E-state index is 12.6. The first-order valence-corrected chi connectivity index (χ1v) is 9.25. The van der Waals surface area contributed by atoms with Crippen LogP contribution >= 0.6 is 11.6 Å². The lowest BCUT2D eigenvalue weighted by atomic mass is 9.95. The van der Waals surface area contributed by atoms with E-state index in [1.807, 2.05) is 55.1 Å². The predicted octanol–water partition coefficient (Wildman–Crippen LogP) is 4.45. The number of benzene rings is 2. The van der Waals surface area contributed by atoms with E-state index in [1.165, 1.54) is 0 Å². The van der Waals surface area contributed by atoms with Gasteiger partial charge in [0.05, 0.1) is 0 Å². The minimum absolute atomic E-state index is 0.0121. The molecule has 0 aliphatic carbocycles. The Labute approximate surface area is 159 Å². The molecule has 1 N–H and O–H groups in total. The summed E-state index contributed by atoms with van der Waals surface area (Å²) in [6.07, 6.45) is 1.35.